The monoisotopic (exact) mass is 265 g/mol. The maximum Gasteiger partial charge on any atom is 0.270 e. The number of non-ortho nitro benzene ring substituents is 1. The third-order valence-electron chi connectivity index (χ3n) is 2.92. The van der Waals surface area contributed by atoms with Crippen molar-refractivity contribution in [2.24, 2.45) is 0 Å². The Morgan fingerprint density at radius 1 is 1.42 bits per heavy atom. The number of nitrogens with zero attached hydrogens (tertiary/aromatic N) is 2. The average molecular weight is 265 g/mol. The van der Waals surface area contributed by atoms with Gasteiger partial charge < -0.3 is 10.6 Å². The number of nitrogen functional groups attached to an aromatic ring is 1. The number of rotatable bonds is 6. The van der Waals surface area contributed by atoms with Gasteiger partial charge in [0.25, 0.3) is 11.6 Å². The summed E-state index contributed by atoms with van der Waals surface area (Å²) in [7, 11) is 1.68. The molecule has 0 fully saturated rings. The molecule has 0 radical (unpaired) electrons. The molecule has 0 unspecified atom stereocenters. The third kappa shape index (κ3) is 3.94. The van der Waals surface area contributed by atoms with E-state index in [1.807, 2.05) is 0 Å². The van der Waals surface area contributed by atoms with Crippen LogP contribution in [0.2, 0.25) is 0 Å². The highest BCUT2D eigenvalue weighted by Crippen LogP contribution is 2.21. The summed E-state index contributed by atoms with van der Waals surface area (Å²) in [5.41, 5.74) is 6.04. The summed E-state index contributed by atoms with van der Waals surface area (Å²) in [6.45, 7) is 2.70. The summed E-state index contributed by atoms with van der Waals surface area (Å²) in [6, 6.07) is 3.92. The Labute approximate surface area is 112 Å². The van der Waals surface area contributed by atoms with Crippen LogP contribution in [0.4, 0.5) is 11.4 Å². The summed E-state index contributed by atoms with van der Waals surface area (Å²) in [5.74, 6) is -0.280. The van der Waals surface area contributed by atoms with E-state index in [4.69, 9.17) is 5.73 Å². The number of nitro benzene ring substituents is 1. The summed E-state index contributed by atoms with van der Waals surface area (Å²) in [6.07, 6.45) is 3.02. The van der Waals surface area contributed by atoms with Crippen molar-refractivity contribution in [1.29, 1.82) is 0 Å². The highest BCUT2D eigenvalue weighted by Gasteiger charge is 2.18. The van der Waals surface area contributed by atoms with Crippen molar-refractivity contribution in [1.82, 2.24) is 4.90 Å². The molecule has 0 aliphatic heterocycles. The predicted molar refractivity (Wildman–Crippen MR) is 74.0 cm³/mol. The number of carbonyl (C=O) groups is 1. The minimum Gasteiger partial charge on any atom is -0.398 e. The second-order valence-electron chi connectivity index (χ2n) is 4.46. The number of anilines is 1. The van der Waals surface area contributed by atoms with E-state index in [-0.39, 0.29) is 22.8 Å². The highest BCUT2D eigenvalue weighted by atomic mass is 16.6. The molecule has 0 aliphatic carbocycles. The fourth-order valence-corrected chi connectivity index (χ4v) is 1.75. The molecule has 1 rings (SSSR count). The van der Waals surface area contributed by atoms with Gasteiger partial charge in [0.15, 0.2) is 0 Å². The third-order valence-corrected chi connectivity index (χ3v) is 2.92. The maximum atomic E-state index is 12.2. The molecule has 0 heterocycles. The molecule has 19 heavy (non-hydrogen) atoms. The predicted octanol–water partition coefficient (Wildman–Crippen LogP) is 2.44. The molecule has 2 N–H and O–H groups in total. The maximum absolute atomic E-state index is 12.2. The SMILES string of the molecule is CCCCCN(C)C(=O)c1cc([N+](=O)[O-])ccc1N. The van der Waals surface area contributed by atoms with Gasteiger partial charge >= 0.3 is 0 Å². The lowest BCUT2D eigenvalue weighted by molar-refractivity contribution is -0.384. The molecule has 0 saturated heterocycles. The van der Waals surface area contributed by atoms with Crippen LogP contribution >= 0.6 is 0 Å². The zero-order valence-corrected chi connectivity index (χ0v) is 11.3. The van der Waals surface area contributed by atoms with E-state index < -0.39 is 4.92 Å². The van der Waals surface area contributed by atoms with Gasteiger partial charge in [0.1, 0.15) is 0 Å². The zero-order chi connectivity index (χ0) is 14.4. The number of unbranched alkanes of at least 4 members (excludes halogenated alkanes) is 2. The molecule has 6 heteroatoms. The number of carbonyl (C=O) groups excluding carboxylic acids is 1. The Morgan fingerprint density at radius 3 is 2.68 bits per heavy atom. The van der Waals surface area contributed by atoms with Gasteiger partial charge in [-0.3, -0.25) is 14.9 Å². The Morgan fingerprint density at radius 2 is 2.11 bits per heavy atom. The Bertz CT molecular complexity index is 474. The van der Waals surface area contributed by atoms with Gasteiger partial charge in [-0.2, -0.15) is 0 Å². The topological polar surface area (TPSA) is 89.5 Å². The van der Waals surface area contributed by atoms with Crippen LogP contribution in [-0.2, 0) is 0 Å². The lowest BCUT2D eigenvalue weighted by Crippen LogP contribution is -2.28. The zero-order valence-electron chi connectivity index (χ0n) is 11.3. The second kappa shape index (κ2) is 6.72. The average Bonchev–Trinajstić information content (AvgIpc) is 2.38. The molecule has 0 aromatic heterocycles. The molecule has 0 atom stereocenters. The normalized spacial score (nSPS) is 10.2. The van der Waals surface area contributed by atoms with E-state index in [0.717, 1.165) is 19.3 Å². The van der Waals surface area contributed by atoms with Crippen molar-refractivity contribution in [3.05, 3.63) is 33.9 Å². The molecule has 0 saturated carbocycles. The Balaban J connectivity index is 2.86. The van der Waals surface area contributed by atoms with Crippen LogP contribution in [0.3, 0.4) is 0 Å². The van der Waals surface area contributed by atoms with E-state index >= 15 is 0 Å². The lowest BCUT2D eigenvalue weighted by Gasteiger charge is -2.17. The number of hydrogen-bond donors (Lipinski definition) is 1. The first kappa shape index (κ1) is 14.9. The Hall–Kier alpha value is -2.11. The van der Waals surface area contributed by atoms with E-state index in [1.165, 1.54) is 18.2 Å². The smallest absolute Gasteiger partial charge is 0.270 e. The quantitative estimate of drug-likeness (QED) is 0.370. The molecule has 104 valence electrons. The first-order valence-electron chi connectivity index (χ1n) is 6.26. The van der Waals surface area contributed by atoms with Gasteiger partial charge in [0, 0.05) is 31.4 Å². The van der Waals surface area contributed by atoms with E-state index in [0.29, 0.717) is 6.54 Å². The van der Waals surface area contributed by atoms with E-state index in [2.05, 4.69) is 6.92 Å². The van der Waals surface area contributed by atoms with Crippen molar-refractivity contribution in [3.8, 4) is 0 Å². The number of nitro groups is 1. The van der Waals surface area contributed by atoms with Gasteiger partial charge in [-0.15, -0.1) is 0 Å². The summed E-state index contributed by atoms with van der Waals surface area (Å²) >= 11 is 0. The van der Waals surface area contributed by atoms with Crippen LogP contribution in [0.5, 0.6) is 0 Å². The van der Waals surface area contributed by atoms with Crippen LogP contribution in [0.15, 0.2) is 18.2 Å². The molecule has 0 aliphatic rings. The van der Waals surface area contributed by atoms with Crippen LogP contribution < -0.4 is 5.73 Å². The van der Waals surface area contributed by atoms with Crippen molar-refractivity contribution in [2.75, 3.05) is 19.3 Å². The molecule has 1 aromatic rings. The number of benzene rings is 1. The summed E-state index contributed by atoms with van der Waals surface area (Å²) in [4.78, 5) is 23.9. The second-order valence-corrected chi connectivity index (χ2v) is 4.46. The van der Waals surface area contributed by atoms with Crippen LogP contribution in [0.25, 0.3) is 0 Å². The van der Waals surface area contributed by atoms with Crippen LogP contribution in [0.1, 0.15) is 36.5 Å². The minimum absolute atomic E-state index is 0.125. The minimum atomic E-state index is -0.534. The van der Waals surface area contributed by atoms with Crippen molar-refractivity contribution in [3.63, 3.8) is 0 Å². The molecule has 1 aromatic carbocycles. The number of amides is 1. The van der Waals surface area contributed by atoms with Gasteiger partial charge in [0.2, 0.25) is 0 Å². The largest absolute Gasteiger partial charge is 0.398 e. The van der Waals surface area contributed by atoms with Crippen LogP contribution in [0, 0.1) is 10.1 Å². The van der Waals surface area contributed by atoms with Gasteiger partial charge in [-0.05, 0) is 12.5 Å². The Kier molecular flexibility index (Phi) is 5.29. The van der Waals surface area contributed by atoms with Crippen molar-refractivity contribution in [2.45, 2.75) is 26.2 Å². The first-order valence-corrected chi connectivity index (χ1v) is 6.26. The van der Waals surface area contributed by atoms with E-state index in [9.17, 15) is 14.9 Å². The number of hydrogen-bond acceptors (Lipinski definition) is 4. The van der Waals surface area contributed by atoms with Gasteiger partial charge in [-0.25, -0.2) is 0 Å². The molecule has 1 amide bonds. The molecule has 0 spiro atoms. The molecule has 0 bridgehead atoms. The number of nitrogens with two attached hydrogens (primary N) is 1. The van der Waals surface area contributed by atoms with Gasteiger partial charge in [-0.1, -0.05) is 19.8 Å². The van der Waals surface area contributed by atoms with Gasteiger partial charge in [0.05, 0.1) is 10.5 Å². The molecule has 6 nitrogen and oxygen atoms in total. The van der Waals surface area contributed by atoms with Crippen LogP contribution in [-0.4, -0.2) is 29.3 Å². The lowest BCUT2D eigenvalue weighted by atomic mass is 10.1. The highest BCUT2D eigenvalue weighted by molar-refractivity contribution is 5.99. The summed E-state index contributed by atoms with van der Waals surface area (Å²) in [5, 5.41) is 10.7. The van der Waals surface area contributed by atoms with Crippen molar-refractivity contribution < 1.29 is 9.72 Å². The standard InChI is InChI=1S/C13H19N3O3/c1-3-4-5-8-15(2)13(17)11-9-10(16(18)19)6-7-12(11)14/h6-7,9H,3-5,8,14H2,1-2H3. The van der Waals surface area contributed by atoms with Crippen molar-refractivity contribution >= 4 is 17.3 Å². The van der Waals surface area contributed by atoms with E-state index in [1.54, 1.807) is 11.9 Å². The summed E-state index contributed by atoms with van der Waals surface area (Å²) < 4.78 is 0. The first-order chi connectivity index (χ1) is 8.97. The molecular weight excluding hydrogens is 246 g/mol. The molecular formula is C13H19N3O3. The fourth-order valence-electron chi connectivity index (χ4n) is 1.75. The fraction of sp³-hybridized carbons (Fsp3) is 0.462.